The Bertz CT molecular complexity index is 568. The molecular weight excluding hydrogens is 249 g/mol. The van der Waals surface area contributed by atoms with E-state index in [1.165, 1.54) is 12.1 Å². The molecule has 1 nitrogen and oxygen atoms in total. The van der Waals surface area contributed by atoms with E-state index < -0.39 is 0 Å². The minimum atomic E-state index is -0.211. The van der Waals surface area contributed by atoms with Gasteiger partial charge in [0.1, 0.15) is 5.82 Å². The fourth-order valence-electron chi connectivity index (χ4n) is 2.46. The van der Waals surface area contributed by atoms with E-state index in [1.54, 1.807) is 0 Å². The van der Waals surface area contributed by atoms with Gasteiger partial charge < -0.3 is 5.73 Å². The lowest BCUT2D eigenvalue weighted by Gasteiger charge is -2.19. The summed E-state index contributed by atoms with van der Waals surface area (Å²) in [7, 11) is 0. The molecule has 0 heterocycles. The smallest absolute Gasteiger partial charge is 0.123 e. The van der Waals surface area contributed by atoms with Crippen LogP contribution in [0.2, 0.25) is 0 Å². The van der Waals surface area contributed by atoms with Crippen LogP contribution in [0.4, 0.5) is 10.1 Å². The molecule has 0 spiro atoms. The molecule has 2 N–H and O–H groups in total. The Morgan fingerprint density at radius 2 is 1.25 bits per heavy atom. The van der Waals surface area contributed by atoms with Crippen molar-refractivity contribution in [2.75, 3.05) is 5.73 Å². The standard InChI is InChI=1S/C18H22FN/c1-11(2)16-9-14(10-17(12(3)4)18(16)20)13-5-7-15(19)8-6-13/h5-12H,20H2,1-4H3. The Kier molecular flexibility index (Phi) is 4.12. The zero-order valence-electron chi connectivity index (χ0n) is 12.6. The van der Waals surface area contributed by atoms with Crippen molar-refractivity contribution in [3.8, 4) is 11.1 Å². The summed E-state index contributed by atoms with van der Waals surface area (Å²) in [6.45, 7) is 8.57. The third-order valence-corrected chi connectivity index (χ3v) is 3.67. The zero-order valence-corrected chi connectivity index (χ0v) is 12.6. The predicted molar refractivity (Wildman–Crippen MR) is 84.4 cm³/mol. The summed E-state index contributed by atoms with van der Waals surface area (Å²) >= 11 is 0. The van der Waals surface area contributed by atoms with Gasteiger partial charge >= 0.3 is 0 Å². The molecule has 0 bridgehead atoms. The van der Waals surface area contributed by atoms with Gasteiger partial charge in [0.15, 0.2) is 0 Å². The Hall–Kier alpha value is -1.83. The lowest BCUT2D eigenvalue weighted by atomic mass is 9.89. The molecule has 0 unspecified atom stereocenters. The molecular formula is C18H22FN. The van der Waals surface area contributed by atoms with Crippen LogP contribution >= 0.6 is 0 Å². The minimum Gasteiger partial charge on any atom is -0.398 e. The molecule has 0 fully saturated rings. The van der Waals surface area contributed by atoms with Gasteiger partial charge in [-0.1, -0.05) is 39.8 Å². The normalized spacial score (nSPS) is 11.3. The van der Waals surface area contributed by atoms with E-state index in [4.69, 9.17) is 5.73 Å². The van der Waals surface area contributed by atoms with Crippen LogP contribution in [0.15, 0.2) is 36.4 Å². The second-order valence-electron chi connectivity index (χ2n) is 5.88. The number of nitrogens with two attached hydrogens (primary N) is 1. The van der Waals surface area contributed by atoms with Crippen LogP contribution in [0.1, 0.15) is 50.7 Å². The molecule has 0 aliphatic carbocycles. The monoisotopic (exact) mass is 271 g/mol. The number of hydrogen-bond donors (Lipinski definition) is 1. The first-order valence-corrected chi connectivity index (χ1v) is 7.09. The number of nitrogen functional groups attached to an aromatic ring is 1. The van der Waals surface area contributed by atoms with Crippen LogP contribution in [0, 0.1) is 5.82 Å². The number of hydrogen-bond acceptors (Lipinski definition) is 1. The zero-order chi connectivity index (χ0) is 14.9. The molecule has 0 atom stereocenters. The molecule has 2 aromatic carbocycles. The molecule has 2 heteroatoms. The first-order valence-electron chi connectivity index (χ1n) is 7.09. The van der Waals surface area contributed by atoms with Gasteiger partial charge in [-0.05, 0) is 58.4 Å². The van der Waals surface area contributed by atoms with E-state index in [9.17, 15) is 4.39 Å². The second kappa shape index (κ2) is 5.66. The molecule has 0 amide bonds. The molecule has 0 saturated heterocycles. The van der Waals surface area contributed by atoms with Crippen LogP contribution < -0.4 is 5.73 Å². The lowest BCUT2D eigenvalue weighted by Crippen LogP contribution is -2.03. The van der Waals surface area contributed by atoms with E-state index in [2.05, 4.69) is 39.8 Å². The van der Waals surface area contributed by atoms with E-state index in [1.807, 2.05) is 12.1 Å². The lowest BCUT2D eigenvalue weighted by molar-refractivity contribution is 0.628. The molecule has 106 valence electrons. The van der Waals surface area contributed by atoms with Crippen LogP contribution in [0.5, 0.6) is 0 Å². The topological polar surface area (TPSA) is 26.0 Å². The number of halogens is 1. The van der Waals surface area contributed by atoms with E-state index >= 15 is 0 Å². The van der Waals surface area contributed by atoms with Crippen LogP contribution in [-0.2, 0) is 0 Å². The van der Waals surface area contributed by atoms with Crippen molar-refractivity contribution in [1.82, 2.24) is 0 Å². The van der Waals surface area contributed by atoms with E-state index in [0.717, 1.165) is 27.9 Å². The average Bonchev–Trinajstić information content (AvgIpc) is 2.39. The van der Waals surface area contributed by atoms with E-state index in [0.29, 0.717) is 11.8 Å². The summed E-state index contributed by atoms with van der Waals surface area (Å²) in [6.07, 6.45) is 0. The third kappa shape index (κ3) is 2.84. The highest BCUT2D eigenvalue weighted by Gasteiger charge is 2.14. The van der Waals surface area contributed by atoms with Crippen LogP contribution in [0.3, 0.4) is 0 Å². The molecule has 20 heavy (non-hydrogen) atoms. The first kappa shape index (κ1) is 14.6. The molecule has 0 saturated carbocycles. The van der Waals surface area contributed by atoms with Gasteiger partial charge in [0.05, 0.1) is 0 Å². The number of rotatable bonds is 3. The van der Waals surface area contributed by atoms with Gasteiger partial charge in [0, 0.05) is 5.69 Å². The van der Waals surface area contributed by atoms with Crippen LogP contribution in [0.25, 0.3) is 11.1 Å². The van der Waals surface area contributed by atoms with Crippen molar-refractivity contribution in [2.45, 2.75) is 39.5 Å². The Morgan fingerprint density at radius 3 is 1.65 bits per heavy atom. The van der Waals surface area contributed by atoms with Gasteiger partial charge in [0.2, 0.25) is 0 Å². The number of benzene rings is 2. The summed E-state index contributed by atoms with van der Waals surface area (Å²) in [4.78, 5) is 0. The van der Waals surface area contributed by atoms with Gasteiger partial charge in [-0.15, -0.1) is 0 Å². The molecule has 0 aliphatic rings. The molecule has 2 rings (SSSR count). The summed E-state index contributed by atoms with van der Waals surface area (Å²) in [6, 6.07) is 10.9. The van der Waals surface area contributed by atoms with Gasteiger partial charge in [0.25, 0.3) is 0 Å². The van der Waals surface area contributed by atoms with Crippen molar-refractivity contribution >= 4 is 5.69 Å². The van der Waals surface area contributed by atoms with Gasteiger partial charge in [-0.2, -0.15) is 0 Å². The van der Waals surface area contributed by atoms with E-state index in [-0.39, 0.29) is 5.82 Å². The Labute approximate surface area is 120 Å². The summed E-state index contributed by atoms with van der Waals surface area (Å²) < 4.78 is 13.1. The molecule has 0 aliphatic heterocycles. The highest BCUT2D eigenvalue weighted by Crippen LogP contribution is 2.35. The molecule has 0 radical (unpaired) electrons. The fourth-order valence-corrected chi connectivity index (χ4v) is 2.46. The second-order valence-corrected chi connectivity index (χ2v) is 5.88. The quantitative estimate of drug-likeness (QED) is 0.751. The van der Waals surface area contributed by atoms with Crippen molar-refractivity contribution in [3.63, 3.8) is 0 Å². The van der Waals surface area contributed by atoms with Crippen LogP contribution in [-0.4, -0.2) is 0 Å². The molecule has 0 aromatic heterocycles. The Balaban J connectivity index is 2.61. The predicted octanol–water partition coefficient (Wildman–Crippen LogP) is 5.32. The minimum absolute atomic E-state index is 0.211. The van der Waals surface area contributed by atoms with Crippen molar-refractivity contribution in [1.29, 1.82) is 0 Å². The fraction of sp³-hybridized carbons (Fsp3) is 0.333. The van der Waals surface area contributed by atoms with Crippen molar-refractivity contribution < 1.29 is 4.39 Å². The maximum Gasteiger partial charge on any atom is 0.123 e. The third-order valence-electron chi connectivity index (χ3n) is 3.67. The average molecular weight is 271 g/mol. The maximum absolute atomic E-state index is 13.1. The first-order chi connectivity index (χ1) is 9.40. The maximum atomic E-state index is 13.1. The Morgan fingerprint density at radius 1 is 0.800 bits per heavy atom. The highest BCUT2D eigenvalue weighted by atomic mass is 19.1. The largest absolute Gasteiger partial charge is 0.398 e. The summed E-state index contributed by atoms with van der Waals surface area (Å²) in [5.41, 5.74) is 11.6. The van der Waals surface area contributed by atoms with Gasteiger partial charge in [-0.25, -0.2) is 4.39 Å². The van der Waals surface area contributed by atoms with Gasteiger partial charge in [-0.3, -0.25) is 0 Å². The van der Waals surface area contributed by atoms with Crippen molar-refractivity contribution in [2.24, 2.45) is 0 Å². The summed E-state index contributed by atoms with van der Waals surface area (Å²) in [5, 5.41) is 0. The number of anilines is 1. The highest BCUT2D eigenvalue weighted by molar-refractivity contribution is 5.71. The SMILES string of the molecule is CC(C)c1cc(-c2ccc(F)cc2)cc(C(C)C)c1N. The molecule has 2 aromatic rings. The summed E-state index contributed by atoms with van der Waals surface area (Å²) in [5.74, 6) is 0.526. The van der Waals surface area contributed by atoms with Crippen molar-refractivity contribution in [3.05, 3.63) is 53.3 Å².